The molecule has 0 radical (unpaired) electrons. The molecule has 1 amide bonds. The number of amides is 1. The second kappa shape index (κ2) is 2.34. The highest BCUT2D eigenvalue weighted by Crippen LogP contribution is 2.19. The second-order valence-electron chi connectivity index (χ2n) is 2.48. The van der Waals surface area contributed by atoms with Gasteiger partial charge in [-0.3, -0.25) is 4.79 Å². The molecule has 0 aromatic carbocycles. The predicted molar refractivity (Wildman–Crippen MR) is 34.7 cm³/mol. The van der Waals surface area contributed by atoms with Crippen molar-refractivity contribution in [2.24, 2.45) is 0 Å². The Kier molecular flexibility index (Phi) is 1.34. The Bertz CT molecular complexity index is 257. The molecule has 58 valence electrons. The van der Waals surface area contributed by atoms with Gasteiger partial charge in [0.15, 0.2) is 0 Å². The van der Waals surface area contributed by atoms with Crippen LogP contribution in [0.2, 0.25) is 0 Å². The van der Waals surface area contributed by atoms with Crippen LogP contribution in [0.1, 0.15) is 18.2 Å². The van der Waals surface area contributed by atoms with Crippen LogP contribution < -0.4 is 5.32 Å². The average Bonchev–Trinajstić information content (AvgIpc) is 2.55. The van der Waals surface area contributed by atoms with E-state index in [1.165, 1.54) is 6.39 Å². The smallest absolute Gasteiger partial charge is 0.221 e. The molecule has 2 heterocycles. The van der Waals surface area contributed by atoms with Crippen molar-refractivity contribution in [3.05, 3.63) is 12.3 Å². The SMILES string of the molecule is O=C1CC(c2nnco2)CN1. The van der Waals surface area contributed by atoms with Crippen LogP contribution in [0.4, 0.5) is 0 Å². The van der Waals surface area contributed by atoms with Crippen LogP contribution in [-0.4, -0.2) is 22.6 Å². The van der Waals surface area contributed by atoms with E-state index >= 15 is 0 Å². The molecular weight excluding hydrogens is 146 g/mol. The maximum absolute atomic E-state index is 10.7. The van der Waals surface area contributed by atoms with Crippen LogP contribution in [0.25, 0.3) is 0 Å². The molecule has 0 bridgehead atoms. The predicted octanol–water partition coefficient (Wildman–Crippen LogP) is -0.327. The summed E-state index contributed by atoms with van der Waals surface area (Å²) in [6, 6.07) is 0. The average molecular weight is 153 g/mol. The van der Waals surface area contributed by atoms with Gasteiger partial charge in [0.1, 0.15) is 0 Å². The third-order valence-electron chi connectivity index (χ3n) is 1.70. The molecular formula is C6H7N3O2. The first-order valence-corrected chi connectivity index (χ1v) is 3.39. The highest BCUT2D eigenvalue weighted by molar-refractivity contribution is 5.79. The maximum Gasteiger partial charge on any atom is 0.221 e. The summed E-state index contributed by atoms with van der Waals surface area (Å²) < 4.78 is 4.95. The summed E-state index contributed by atoms with van der Waals surface area (Å²) in [4.78, 5) is 10.7. The molecule has 5 nitrogen and oxygen atoms in total. The molecule has 1 aliphatic rings. The number of rotatable bonds is 1. The van der Waals surface area contributed by atoms with Gasteiger partial charge in [-0.2, -0.15) is 0 Å². The third kappa shape index (κ3) is 1.09. The molecule has 0 spiro atoms. The van der Waals surface area contributed by atoms with Crippen LogP contribution in [0.15, 0.2) is 10.8 Å². The fourth-order valence-corrected chi connectivity index (χ4v) is 1.14. The zero-order chi connectivity index (χ0) is 7.68. The second-order valence-corrected chi connectivity index (χ2v) is 2.48. The largest absolute Gasteiger partial charge is 0.428 e. The summed E-state index contributed by atoms with van der Waals surface area (Å²) in [6.07, 6.45) is 1.74. The van der Waals surface area contributed by atoms with Gasteiger partial charge in [0.25, 0.3) is 0 Å². The highest BCUT2D eigenvalue weighted by atomic mass is 16.4. The number of nitrogens with zero attached hydrogens (tertiary/aromatic N) is 2. The van der Waals surface area contributed by atoms with E-state index < -0.39 is 0 Å². The lowest BCUT2D eigenvalue weighted by Crippen LogP contribution is -2.13. The topological polar surface area (TPSA) is 68.0 Å². The summed E-state index contributed by atoms with van der Waals surface area (Å²) in [5.74, 6) is 0.668. The highest BCUT2D eigenvalue weighted by Gasteiger charge is 2.26. The fraction of sp³-hybridized carbons (Fsp3) is 0.500. The summed E-state index contributed by atoms with van der Waals surface area (Å²) in [5, 5.41) is 9.95. The van der Waals surface area contributed by atoms with Crippen LogP contribution >= 0.6 is 0 Å². The van der Waals surface area contributed by atoms with Gasteiger partial charge < -0.3 is 9.73 Å². The number of carbonyl (C=O) groups is 1. The summed E-state index contributed by atoms with van der Waals surface area (Å²) in [6.45, 7) is 0.612. The van der Waals surface area contributed by atoms with Crippen molar-refractivity contribution < 1.29 is 9.21 Å². The number of hydrogen-bond acceptors (Lipinski definition) is 4. The zero-order valence-electron chi connectivity index (χ0n) is 5.78. The van der Waals surface area contributed by atoms with Gasteiger partial charge >= 0.3 is 0 Å². The van der Waals surface area contributed by atoms with Crippen LogP contribution in [0, 0.1) is 0 Å². The fourth-order valence-electron chi connectivity index (χ4n) is 1.14. The number of hydrogen-bond donors (Lipinski definition) is 1. The Morgan fingerprint density at radius 1 is 1.73 bits per heavy atom. The van der Waals surface area contributed by atoms with Gasteiger partial charge in [-0.05, 0) is 0 Å². The molecule has 11 heavy (non-hydrogen) atoms. The lowest BCUT2D eigenvalue weighted by Gasteiger charge is -1.96. The molecule has 2 rings (SSSR count). The summed E-state index contributed by atoms with van der Waals surface area (Å²) in [5.41, 5.74) is 0. The van der Waals surface area contributed by atoms with E-state index in [4.69, 9.17) is 4.42 Å². The molecule has 0 aliphatic carbocycles. The van der Waals surface area contributed by atoms with Crippen molar-refractivity contribution in [1.82, 2.24) is 15.5 Å². The van der Waals surface area contributed by atoms with Gasteiger partial charge in [-0.25, -0.2) is 0 Å². The Hall–Kier alpha value is -1.39. The van der Waals surface area contributed by atoms with Gasteiger partial charge in [0, 0.05) is 13.0 Å². The Morgan fingerprint density at radius 3 is 3.18 bits per heavy atom. The van der Waals surface area contributed by atoms with Crippen molar-refractivity contribution >= 4 is 5.91 Å². The summed E-state index contributed by atoms with van der Waals surface area (Å²) in [7, 11) is 0. The lowest BCUT2D eigenvalue weighted by atomic mass is 10.1. The van der Waals surface area contributed by atoms with Crippen molar-refractivity contribution in [1.29, 1.82) is 0 Å². The van der Waals surface area contributed by atoms with E-state index in [9.17, 15) is 4.79 Å². The molecule has 0 saturated carbocycles. The van der Waals surface area contributed by atoms with Crippen molar-refractivity contribution in [2.75, 3.05) is 6.54 Å². The van der Waals surface area contributed by atoms with Crippen LogP contribution in [0.3, 0.4) is 0 Å². The molecule has 1 N–H and O–H groups in total. The van der Waals surface area contributed by atoms with E-state index in [-0.39, 0.29) is 11.8 Å². The van der Waals surface area contributed by atoms with E-state index in [0.29, 0.717) is 18.9 Å². The van der Waals surface area contributed by atoms with Crippen molar-refractivity contribution in [2.45, 2.75) is 12.3 Å². The normalized spacial score (nSPS) is 23.6. The van der Waals surface area contributed by atoms with Gasteiger partial charge in [-0.1, -0.05) is 0 Å². The first kappa shape index (κ1) is 6.33. The third-order valence-corrected chi connectivity index (χ3v) is 1.70. The van der Waals surface area contributed by atoms with Gasteiger partial charge in [-0.15, -0.1) is 10.2 Å². The first-order chi connectivity index (χ1) is 5.36. The first-order valence-electron chi connectivity index (χ1n) is 3.39. The Morgan fingerprint density at radius 2 is 2.64 bits per heavy atom. The summed E-state index contributed by atoms with van der Waals surface area (Å²) >= 11 is 0. The van der Waals surface area contributed by atoms with Crippen molar-refractivity contribution in [3.8, 4) is 0 Å². The molecule has 1 atom stereocenters. The maximum atomic E-state index is 10.7. The minimum Gasteiger partial charge on any atom is -0.428 e. The standard InChI is InChI=1S/C6H7N3O2/c10-5-1-4(2-7-5)6-9-8-3-11-6/h3-4H,1-2H2,(H,7,10). The van der Waals surface area contributed by atoms with Gasteiger partial charge in [0.05, 0.1) is 5.92 Å². The lowest BCUT2D eigenvalue weighted by molar-refractivity contribution is -0.119. The van der Waals surface area contributed by atoms with E-state index in [1.54, 1.807) is 0 Å². The molecule has 1 unspecified atom stereocenters. The molecule has 1 fully saturated rings. The quantitative estimate of drug-likeness (QED) is 0.600. The van der Waals surface area contributed by atoms with Crippen molar-refractivity contribution in [3.63, 3.8) is 0 Å². The van der Waals surface area contributed by atoms with Gasteiger partial charge in [0.2, 0.25) is 18.2 Å². The minimum atomic E-state index is 0.0493. The molecule has 5 heteroatoms. The van der Waals surface area contributed by atoms with E-state index in [2.05, 4.69) is 15.5 Å². The monoisotopic (exact) mass is 153 g/mol. The Balaban J connectivity index is 2.13. The number of nitrogens with one attached hydrogen (secondary N) is 1. The number of carbonyl (C=O) groups excluding carboxylic acids is 1. The molecule has 1 aromatic heterocycles. The Labute approximate surface area is 62.8 Å². The molecule has 1 saturated heterocycles. The van der Waals surface area contributed by atoms with Crippen LogP contribution in [-0.2, 0) is 4.79 Å². The molecule has 1 aliphatic heterocycles. The van der Waals surface area contributed by atoms with E-state index in [0.717, 1.165) is 0 Å². The molecule has 1 aromatic rings. The van der Waals surface area contributed by atoms with Crippen LogP contribution in [0.5, 0.6) is 0 Å². The number of aromatic nitrogens is 2. The van der Waals surface area contributed by atoms with E-state index in [1.807, 2.05) is 0 Å². The minimum absolute atomic E-state index is 0.0493. The zero-order valence-corrected chi connectivity index (χ0v) is 5.78.